The highest BCUT2D eigenvalue weighted by Gasteiger charge is 2.23. The minimum absolute atomic E-state index is 0.474. The zero-order valence-corrected chi connectivity index (χ0v) is 11.7. The molecule has 0 bridgehead atoms. The van der Waals surface area contributed by atoms with Gasteiger partial charge in [-0.25, -0.2) is 0 Å². The highest BCUT2D eigenvalue weighted by molar-refractivity contribution is 7.99. The first-order valence-electron chi connectivity index (χ1n) is 6.44. The number of ether oxygens (including phenoxy) is 1. The Balaban J connectivity index is 1.72. The maximum Gasteiger partial charge on any atom is 0.124 e. The van der Waals surface area contributed by atoms with Crippen molar-refractivity contribution in [2.75, 3.05) is 18.1 Å². The van der Waals surface area contributed by atoms with Crippen LogP contribution < -0.4 is 10.5 Å². The van der Waals surface area contributed by atoms with Gasteiger partial charge in [0.25, 0.3) is 0 Å². The van der Waals surface area contributed by atoms with Crippen LogP contribution in [0.15, 0.2) is 47.4 Å². The molecule has 2 aromatic rings. The summed E-state index contributed by atoms with van der Waals surface area (Å²) in [5.74, 6) is 2.47. The smallest absolute Gasteiger partial charge is 0.124 e. The summed E-state index contributed by atoms with van der Waals surface area (Å²) >= 11 is 1.91. The van der Waals surface area contributed by atoms with Gasteiger partial charge in [0.1, 0.15) is 5.75 Å². The maximum atomic E-state index is 5.97. The van der Waals surface area contributed by atoms with E-state index in [1.807, 2.05) is 36.9 Å². The van der Waals surface area contributed by atoms with Crippen molar-refractivity contribution in [3.05, 3.63) is 53.6 Å². The number of nitrogen functional groups attached to an aromatic ring is 1. The van der Waals surface area contributed by atoms with Crippen molar-refractivity contribution in [3.63, 3.8) is 0 Å². The molecular formula is C16H17NOS. The summed E-state index contributed by atoms with van der Waals surface area (Å²) in [5.41, 5.74) is 9.10. The van der Waals surface area contributed by atoms with Gasteiger partial charge in [-0.2, -0.15) is 0 Å². The molecular weight excluding hydrogens is 254 g/mol. The Hall–Kier alpha value is -1.61. The van der Waals surface area contributed by atoms with Crippen molar-refractivity contribution in [1.29, 1.82) is 0 Å². The number of thioether (sulfide) groups is 1. The van der Waals surface area contributed by atoms with Gasteiger partial charge in [-0.05, 0) is 30.2 Å². The standard InChI is InChI=1S/C16H17NOS/c1-11-6-7-13(17)8-15(11)18-9-12-10-19-16-5-3-2-4-14(12)16/h2-8,12H,9-10,17H2,1H3. The zero-order chi connectivity index (χ0) is 13.2. The molecule has 1 heterocycles. The number of fused-ring (bicyclic) bond motifs is 1. The summed E-state index contributed by atoms with van der Waals surface area (Å²) in [6.07, 6.45) is 0. The molecule has 1 aliphatic rings. The average Bonchev–Trinajstić information content (AvgIpc) is 2.83. The van der Waals surface area contributed by atoms with Crippen LogP contribution in [0.3, 0.4) is 0 Å². The van der Waals surface area contributed by atoms with E-state index in [1.165, 1.54) is 10.5 Å². The first-order chi connectivity index (χ1) is 9.24. The van der Waals surface area contributed by atoms with E-state index in [1.54, 1.807) is 0 Å². The Morgan fingerprint density at radius 2 is 2.11 bits per heavy atom. The van der Waals surface area contributed by atoms with Gasteiger partial charge in [0.05, 0.1) is 6.61 Å². The van der Waals surface area contributed by atoms with Crippen LogP contribution in [0.1, 0.15) is 17.0 Å². The van der Waals surface area contributed by atoms with E-state index in [2.05, 4.69) is 24.3 Å². The molecule has 0 saturated carbocycles. The lowest BCUT2D eigenvalue weighted by Crippen LogP contribution is -2.10. The van der Waals surface area contributed by atoms with E-state index in [0.29, 0.717) is 12.5 Å². The molecule has 3 rings (SSSR count). The lowest BCUT2D eigenvalue weighted by Gasteiger charge is -2.14. The molecule has 2 nitrogen and oxygen atoms in total. The molecule has 0 radical (unpaired) electrons. The van der Waals surface area contributed by atoms with Gasteiger partial charge in [-0.1, -0.05) is 24.3 Å². The quantitative estimate of drug-likeness (QED) is 0.861. The van der Waals surface area contributed by atoms with Gasteiger partial charge in [0, 0.05) is 28.3 Å². The number of hydrogen-bond donors (Lipinski definition) is 1. The summed E-state index contributed by atoms with van der Waals surface area (Å²) in [4.78, 5) is 1.39. The van der Waals surface area contributed by atoms with Crippen molar-refractivity contribution in [3.8, 4) is 5.75 Å². The van der Waals surface area contributed by atoms with Crippen molar-refractivity contribution in [2.24, 2.45) is 0 Å². The van der Waals surface area contributed by atoms with Crippen LogP contribution in [0.25, 0.3) is 0 Å². The fourth-order valence-corrected chi connectivity index (χ4v) is 3.56. The second kappa shape index (κ2) is 5.17. The summed E-state index contributed by atoms with van der Waals surface area (Å²) in [7, 11) is 0. The van der Waals surface area contributed by atoms with Gasteiger partial charge in [-0.3, -0.25) is 0 Å². The number of benzene rings is 2. The van der Waals surface area contributed by atoms with Crippen LogP contribution in [0.4, 0.5) is 5.69 Å². The van der Waals surface area contributed by atoms with Gasteiger partial charge in [0.15, 0.2) is 0 Å². The minimum atomic E-state index is 0.474. The number of hydrogen-bond acceptors (Lipinski definition) is 3. The van der Waals surface area contributed by atoms with Crippen LogP contribution in [0, 0.1) is 6.92 Å². The molecule has 1 atom stereocenters. The third kappa shape index (κ3) is 2.56. The summed E-state index contributed by atoms with van der Waals surface area (Å²) < 4.78 is 5.97. The van der Waals surface area contributed by atoms with Crippen LogP contribution in [0.5, 0.6) is 5.75 Å². The van der Waals surface area contributed by atoms with Crippen LogP contribution >= 0.6 is 11.8 Å². The van der Waals surface area contributed by atoms with E-state index in [0.717, 1.165) is 22.8 Å². The van der Waals surface area contributed by atoms with Crippen LogP contribution in [0.2, 0.25) is 0 Å². The van der Waals surface area contributed by atoms with E-state index in [9.17, 15) is 0 Å². The van der Waals surface area contributed by atoms with Gasteiger partial charge in [0.2, 0.25) is 0 Å². The van der Waals surface area contributed by atoms with Crippen molar-refractivity contribution in [2.45, 2.75) is 17.7 Å². The highest BCUT2D eigenvalue weighted by Crippen LogP contribution is 2.39. The Morgan fingerprint density at radius 1 is 1.26 bits per heavy atom. The fourth-order valence-electron chi connectivity index (χ4n) is 2.33. The molecule has 1 aliphatic heterocycles. The van der Waals surface area contributed by atoms with Crippen molar-refractivity contribution in [1.82, 2.24) is 0 Å². The van der Waals surface area contributed by atoms with Crippen molar-refractivity contribution >= 4 is 17.4 Å². The summed E-state index contributed by atoms with van der Waals surface area (Å²) in [5, 5.41) is 0. The van der Waals surface area contributed by atoms with Crippen LogP contribution in [-0.4, -0.2) is 12.4 Å². The number of aryl methyl sites for hydroxylation is 1. The monoisotopic (exact) mass is 271 g/mol. The largest absolute Gasteiger partial charge is 0.493 e. The molecule has 0 spiro atoms. The summed E-state index contributed by atoms with van der Waals surface area (Å²) in [6.45, 7) is 2.76. The van der Waals surface area contributed by atoms with Crippen LogP contribution in [-0.2, 0) is 0 Å². The third-order valence-corrected chi connectivity index (χ3v) is 4.70. The Morgan fingerprint density at radius 3 is 3.00 bits per heavy atom. The molecule has 2 N–H and O–H groups in total. The lowest BCUT2D eigenvalue weighted by atomic mass is 10.0. The molecule has 1 unspecified atom stereocenters. The number of anilines is 1. The topological polar surface area (TPSA) is 35.2 Å². The molecule has 0 saturated heterocycles. The molecule has 98 valence electrons. The molecule has 19 heavy (non-hydrogen) atoms. The molecule has 0 fully saturated rings. The lowest BCUT2D eigenvalue weighted by molar-refractivity contribution is 0.296. The first kappa shape index (κ1) is 12.4. The Bertz CT molecular complexity index is 597. The molecule has 3 heteroatoms. The Labute approximate surface area is 118 Å². The minimum Gasteiger partial charge on any atom is -0.493 e. The second-order valence-corrected chi connectivity index (χ2v) is 5.94. The predicted octanol–water partition coefficient (Wildman–Crippen LogP) is 3.85. The van der Waals surface area contributed by atoms with E-state index in [-0.39, 0.29) is 0 Å². The first-order valence-corrected chi connectivity index (χ1v) is 7.43. The van der Waals surface area contributed by atoms with E-state index in [4.69, 9.17) is 10.5 Å². The Kier molecular flexibility index (Phi) is 3.38. The van der Waals surface area contributed by atoms with E-state index >= 15 is 0 Å². The fraction of sp³-hybridized carbons (Fsp3) is 0.250. The molecule has 0 amide bonds. The highest BCUT2D eigenvalue weighted by atomic mass is 32.2. The van der Waals surface area contributed by atoms with Gasteiger partial charge < -0.3 is 10.5 Å². The van der Waals surface area contributed by atoms with Crippen molar-refractivity contribution < 1.29 is 4.74 Å². The normalized spacial score (nSPS) is 17.2. The molecule has 0 aliphatic carbocycles. The number of rotatable bonds is 3. The number of nitrogens with two attached hydrogens (primary N) is 1. The second-order valence-electron chi connectivity index (χ2n) is 4.88. The predicted molar refractivity (Wildman–Crippen MR) is 81.0 cm³/mol. The third-order valence-electron chi connectivity index (χ3n) is 3.45. The average molecular weight is 271 g/mol. The van der Waals surface area contributed by atoms with E-state index < -0.39 is 0 Å². The molecule has 0 aromatic heterocycles. The SMILES string of the molecule is Cc1ccc(N)cc1OCC1CSc2ccccc21. The van der Waals surface area contributed by atoms with Gasteiger partial charge in [-0.15, -0.1) is 11.8 Å². The zero-order valence-electron chi connectivity index (χ0n) is 10.9. The molecule has 2 aromatic carbocycles. The maximum absolute atomic E-state index is 5.97. The van der Waals surface area contributed by atoms with Gasteiger partial charge >= 0.3 is 0 Å². The summed E-state index contributed by atoms with van der Waals surface area (Å²) in [6, 6.07) is 14.4.